The van der Waals surface area contributed by atoms with E-state index in [2.05, 4.69) is 31.4 Å². The van der Waals surface area contributed by atoms with E-state index >= 15 is 0 Å². The van der Waals surface area contributed by atoms with Crippen molar-refractivity contribution >= 4 is 5.91 Å². The molecule has 0 radical (unpaired) electrons. The third kappa shape index (κ3) is 4.97. The third-order valence-corrected chi connectivity index (χ3v) is 3.42. The minimum Gasteiger partial charge on any atom is -0.352 e. The minimum atomic E-state index is 0.151. The van der Waals surface area contributed by atoms with Gasteiger partial charge in [-0.25, -0.2) is 0 Å². The summed E-state index contributed by atoms with van der Waals surface area (Å²) in [6, 6.07) is 0.406. The lowest BCUT2D eigenvalue weighted by atomic mass is 9.75. The first-order valence-electron chi connectivity index (χ1n) is 6.53. The summed E-state index contributed by atoms with van der Waals surface area (Å²) in [6.07, 6.45) is 5.78. The van der Waals surface area contributed by atoms with E-state index in [1.165, 1.54) is 12.8 Å². The first-order valence-corrected chi connectivity index (χ1v) is 6.53. The first kappa shape index (κ1) is 13.5. The Morgan fingerprint density at radius 3 is 2.50 bits per heavy atom. The van der Waals surface area contributed by atoms with Crippen molar-refractivity contribution in [2.45, 2.75) is 58.9 Å². The molecule has 1 rings (SSSR count). The van der Waals surface area contributed by atoms with Gasteiger partial charge in [0.25, 0.3) is 0 Å². The topological polar surface area (TPSA) is 41.1 Å². The molecule has 0 heterocycles. The molecule has 16 heavy (non-hydrogen) atoms. The Morgan fingerprint density at radius 2 is 1.94 bits per heavy atom. The predicted molar refractivity (Wildman–Crippen MR) is 67.3 cm³/mol. The molecule has 1 aliphatic rings. The zero-order valence-corrected chi connectivity index (χ0v) is 10.9. The van der Waals surface area contributed by atoms with Crippen LogP contribution in [0.25, 0.3) is 0 Å². The lowest BCUT2D eigenvalue weighted by Crippen LogP contribution is -2.43. The van der Waals surface area contributed by atoms with E-state index in [9.17, 15) is 4.79 Å². The number of carbonyl (C=O) groups excluding carboxylic acids is 1. The minimum absolute atomic E-state index is 0.151. The number of carbonyl (C=O) groups is 1. The molecule has 1 saturated carbocycles. The Kier molecular flexibility index (Phi) is 5.26. The van der Waals surface area contributed by atoms with Crippen molar-refractivity contribution in [2.75, 3.05) is 13.1 Å². The average molecular weight is 226 g/mol. The molecule has 0 bridgehead atoms. The van der Waals surface area contributed by atoms with Gasteiger partial charge < -0.3 is 10.6 Å². The van der Waals surface area contributed by atoms with Crippen LogP contribution in [0.2, 0.25) is 0 Å². The SMILES string of the molecule is CCCNCC(=O)NC1CCC(C)(C)CC1. The molecule has 1 aliphatic carbocycles. The van der Waals surface area contributed by atoms with Gasteiger partial charge in [-0.3, -0.25) is 4.79 Å². The highest BCUT2D eigenvalue weighted by Crippen LogP contribution is 2.34. The van der Waals surface area contributed by atoms with Gasteiger partial charge in [0, 0.05) is 6.04 Å². The highest BCUT2D eigenvalue weighted by molar-refractivity contribution is 5.78. The monoisotopic (exact) mass is 226 g/mol. The molecule has 0 aliphatic heterocycles. The standard InChI is InChI=1S/C13H26N2O/c1-4-9-14-10-12(16)15-11-5-7-13(2,3)8-6-11/h11,14H,4-10H2,1-3H3,(H,15,16). The number of amides is 1. The highest BCUT2D eigenvalue weighted by atomic mass is 16.1. The van der Waals surface area contributed by atoms with Crippen LogP contribution >= 0.6 is 0 Å². The number of hydrogen-bond acceptors (Lipinski definition) is 2. The van der Waals surface area contributed by atoms with Crippen molar-refractivity contribution in [3.63, 3.8) is 0 Å². The molecule has 3 heteroatoms. The van der Waals surface area contributed by atoms with Gasteiger partial charge in [0.1, 0.15) is 0 Å². The molecule has 0 aromatic heterocycles. The summed E-state index contributed by atoms with van der Waals surface area (Å²) in [7, 11) is 0. The maximum atomic E-state index is 11.6. The largest absolute Gasteiger partial charge is 0.352 e. The maximum Gasteiger partial charge on any atom is 0.234 e. The summed E-state index contributed by atoms with van der Waals surface area (Å²) in [5, 5.41) is 6.24. The Hall–Kier alpha value is -0.570. The first-order chi connectivity index (χ1) is 7.53. The Balaban J connectivity index is 2.16. The van der Waals surface area contributed by atoms with E-state index in [0.717, 1.165) is 25.8 Å². The zero-order chi connectivity index (χ0) is 12.0. The van der Waals surface area contributed by atoms with Crippen LogP contribution in [0.1, 0.15) is 52.9 Å². The van der Waals surface area contributed by atoms with Gasteiger partial charge in [-0.1, -0.05) is 20.8 Å². The average Bonchev–Trinajstić information content (AvgIpc) is 2.22. The molecule has 0 unspecified atom stereocenters. The fourth-order valence-corrected chi connectivity index (χ4v) is 2.20. The number of rotatable bonds is 5. The Labute approximate surface area is 99.4 Å². The second-order valence-electron chi connectivity index (χ2n) is 5.68. The van der Waals surface area contributed by atoms with Gasteiger partial charge in [-0.2, -0.15) is 0 Å². The van der Waals surface area contributed by atoms with Gasteiger partial charge in [0.05, 0.1) is 6.54 Å². The van der Waals surface area contributed by atoms with Crippen molar-refractivity contribution in [1.82, 2.24) is 10.6 Å². The van der Waals surface area contributed by atoms with Crippen molar-refractivity contribution < 1.29 is 4.79 Å². The fourth-order valence-electron chi connectivity index (χ4n) is 2.20. The molecule has 2 N–H and O–H groups in total. The van der Waals surface area contributed by atoms with Crippen LogP contribution in [0.3, 0.4) is 0 Å². The van der Waals surface area contributed by atoms with Crippen molar-refractivity contribution in [3.8, 4) is 0 Å². The molecular formula is C13H26N2O. The molecule has 0 atom stereocenters. The second-order valence-corrected chi connectivity index (χ2v) is 5.68. The van der Waals surface area contributed by atoms with Crippen molar-refractivity contribution in [2.24, 2.45) is 5.41 Å². The lowest BCUT2D eigenvalue weighted by molar-refractivity contribution is -0.121. The van der Waals surface area contributed by atoms with Crippen molar-refractivity contribution in [1.29, 1.82) is 0 Å². The number of hydrogen-bond donors (Lipinski definition) is 2. The molecule has 0 aromatic rings. The van der Waals surface area contributed by atoms with E-state index in [4.69, 9.17) is 0 Å². The van der Waals surface area contributed by atoms with Gasteiger partial charge >= 0.3 is 0 Å². The highest BCUT2D eigenvalue weighted by Gasteiger charge is 2.27. The van der Waals surface area contributed by atoms with Crippen LogP contribution < -0.4 is 10.6 Å². The van der Waals surface area contributed by atoms with E-state index in [-0.39, 0.29) is 5.91 Å². The zero-order valence-electron chi connectivity index (χ0n) is 10.9. The second kappa shape index (κ2) is 6.24. The van der Waals surface area contributed by atoms with Crippen LogP contribution in [0.5, 0.6) is 0 Å². The summed E-state index contributed by atoms with van der Waals surface area (Å²) >= 11 is 0. The van der Waals surface area contributed by atoms with Gasteiger partial charge in [-0.05, 0) is 44.1 Å². The van der Waals surface area contributed by atoms with Crippen molar-refractivity contribution in [3.05, 3.63) is 0 Å². The predicted octanol–water partition coefficient (Wildman–Crippen LogP) is 2.07. The lowest BCUT2D eigenvalue weighted by Gasteiger charge is -2.34. The van der Waals surface area contributed by atoms with Gasteiger partial charge in [-0.15, -0.1) is 0 Å². The van der Waals surface area contributed by atoms with Gasteiger partial charge in [0.15, 0.2) is 0 Å². The molecule has 94 valence electrons. The molecule has 3 nitrogen and oxygen atoms in total. The van der Waals surface area contributed by atoms with Crippen LogP contribution in [0.15, 0.2) is 0 Å². The summed E-state index contributed by atoms with van der Waals surface area (Å²) < 4.78 is 0. The summed E-state index contributed by atoms with van der Waals surface area (Å²) in [5.41, 5.74) is 0.474. The normalized spacial score (nSPS) is 20.7. The van der Waals surface area contributed by atoms with E-state index in [0.29, 0.717) is 18.0 Å². The summed E-state index contributed by atoms with van der Waals surface area (Å²) in [5.74, 6) is 0.151. The molecular weight excluding hydrogens is 200 g/mol. The fraction of sp³-hybridized carbons (Fsp3) is 0.923. The Bertz CT molecular complexity index is 216. The van der Waals surface area contributed by atoms with Gasteiger partial charge in [0.2, 0.25) is 5.91 Å². The summed E-state index contributed by atoms with van der Waals surface area (Å²) in [4.78, 5) is 11.6. The van der Waals surface area contributed by atoms with E-state index in [1.807, 2.05) is 0 Å². The van der Waals surface area contributed by atoms with Crippen LogP contribution in [-0.4, -0.2) is 25.0 Å². The summed E-state index contributed by atoms with van der Waals surface area (Å²) in [6.45, 7) is 8.12. The molecule has 0 saturated heterocycles. The smallest absolute Gasteiger partial charge is 0.234 e. The molecule has 1 fully saturated rings. The van der Waals surface area contributed by atoms with E-state index < -0.39 is 0 Å². The maximum absolute atomic E-state index is 11.6. The quantitative estimate of drug-likeness (QED) is 0.705. The van der Waals surface area contributed by atoms with Crippen LogP contribution in [0, 0.1) is 5.41 Å². The third-order valence-electron chi connectivity index (χ3n) is 3.42. The van der Waals surface area contributed by atoms with Crippen LogP contribution in [0.4, 0.5) is 0 Å². The number of nitrogens with one attached hydrogen (secondary N) is 2. The van der Waals surface area contributed by atoms with E-state index in [1.54, 1.807) is 0 Å². The molecule has 0 spiro atoms. The Morgan fingerprint density at radius 1 is 1.31 bits per heavy atom. The molecule has 1 amide bonds. The van der Waals surface area contributed by atoms with Crippen LogP contribution in [-0.2, 0) is 4.79 Å². The molecule has 0 aromatic carbocycles.